The van der Waals surface area contributed by atoms with Crippen LogP contribution in [0.15, 0.2) is 0 Å². The molecule has 0 N–H and O–H groups in total. The molecule has 1 rings (SSSR count). The van der Waals surface area contributed by atoms with Gasteiger partial charge in [0.15, 0.2) is 0 Å². The van der Waals surface area contributed by atoms with Gasteiger partial charge in [-0.1, -0.05) is 51.9 Å². The number of rotatable bonds is 2. The zero-order chi connectivity index (χ0) is 10.3. The van der Waals surface area contributed by atoms with Gasteiger partial charge in [0, 0.05) is 32.7 Å². The summed E-state index contributed by atoms with van der Waals surface area (Å²) < 4.78 is 0. The molecule has 14 heavy (non-hydrogen) atoms. The summed E-state index contributed by atoms with van der Waals surface area (Å²) in [5.74, 6) is 0.833. The Morgan fingerprint density at radius 3 is 1.43 bits per heavy atom. The van der Waals surface area contributed by atoms with Crippen LogP contribution in [0.25, 0.3) is 0 Å². The Balaban J connectivity index is 0. The average molecular weight is 271 g/mol. The number of hydrogen-bond acceptors (Lipinski definition) is 0. The summed E-state index contributed by atoms with van der Waals surface area (Å²) in [6.07, 6.45) is 7.75. The third kappa shape index (κ3) is 7.40. The molecule has 0 aromatic rings. The van der Waals surface area contributed by atoms with Crippen LogP contribution in [-0.2, 0) is 32.7 Å². The van der Waals surface area contributed by atoms with Crippen molar-refractivity contribution in [3.63, 3.8) is 0 Å². The molecule has 83 valence electrons. The van der Waals surface area contributed by atoms with Crippen molar-refractivity contribution in [3.05, 3.63) is 13.8 Å². The van der Waals surface area contributed by atoms with E-state index in [4.69, 9.17) is 0 Å². The van der Waals surface area contributed by atoms with Gasteiger partial charge in [0.1, 0.15) is 0 Å². The average Bonchev–Trinajstić information content (AvgIpc) is 2.52. The van der Waals surface area contributed by atoms with Gasteiger partial charge in [0.05, 0.1) is 0 Å². The topological polar surface area (TPSA) is 0 Å². The normalized spacial score (nSPS) is 18.4. The second kappa shape index (κ2) is 9.34. The van der Waals surface area contributed by atoms with E-state index < -0.39 is 0 Å². The van der Waals surface area contributed by atoms with Crippen molar-refractivity contribution in [2.45, 2.75) is 59.3 Å². The van der Waals surface area contributed by atoms with Gasteiger partial charge in [-0.15, -0.1) is 0 Å². The minimum absolute atomic E-state index is 0. The first-order valence-corrected chi connectivity index (χ1v) is 5.65. The van der Waals surface area contributed by atoms with Crippen LogP contribution in [0.1, 0.15) is 59.3 Å². The molecule has 1 saturated carbocycles. The molecule has 0 nitrogen and oxygen atoms in total. The van der Waals surface area contributed by atoms with E-state index in [1.54, 1.807) is 0 Å². The van der Waals surface area contributed by atoms with Crippen LogP contribution in [0.4, 0.5) is 0 Å². The molecule has 0 atom stereocenters. The van der Waals surface area contributed by atoms with Crippen LogP contribution in [0.5, 0.6) is 0 Å². The Kier molecular flexibility index (Phi) is 11.7. The molecular formula is C13H26Y-2. The zero-order valence-electron chi connectivity index (χ0n) is 10.3. The minimum atomic E-state index is 0. The van der Waals surface area contributed by atoms with E-state index in [1.807, 2.05) is 0 Å². The monoisotopic (exact) mass is 271 g/mol. The van der Waals surface area contributed by atoms with Gasteiger partial charge < -0.3 is 13.8 Å². The predicted octanol–water partition coefficient (Wildman–Crippen LogP) is 4.65. The van der Waals surface area contributed by atoms with E-state index in [9.17, 15) is 0 Å². The summed E-state index contributed by atoms with van der Waals surface area (Å²) >= 11 is 0. The summed E-state index contributed by atoms with van der Waals surface area (Å²) in [5, 5.41) is 0. The molecule has 0 bridgehead atoms. The summed E-state index contributed by atoms with van der Waals surface area (Å²) in [6, 6.07) is 0. The van der Waals surface area contributed by atoms with Crippen molar-refractivity contribution in [3.8, 4) is 0 Å². The van der Waals surface area contributed by atoms with Crippen LogP contribution in [0.2, 0.25) is 0 Å². The number of hydrogen-bond donors (Lipinski definition) is 0. The molecule has 1 aliphatic rings. The van der Waals surface area contributed by atoms with Gasteiger partial charge in [0.2, 0.25) is 0 Å². The first-order chi connectivity index (χ1) is 6.06. The van der Waals surface area contributed by atoms with Crippen molar-refractivity contribution in [2.75, 3.05) is 0 Å². The molecule has 1 fully saturated rings. The van der Waals surface area contributed by atoms with Crippen LogP contribution >= 0.6 is 0 Å². The Morgan fingerprint density at radius 2 is 1.29 bits per heavy atom. The maximum Gasteiger partial charge on any atom is 0 e. The molecule has 0 aliphatic heterocycles. The van der Waals surface area contributed by atoms with E-state index in [2.05, 4.69) is 34.6 Å². The first kappa shape index (κ1) is 17.5. The van der Waals surface area contributed by atoms with Gasteiger partial charge in [-0.25, -0.2) is 0 Å². The molecule has 0 amide bonds. The van der Waals surface area contributed by atoms with E-state index >= 15 is 0 Å². The standard InChI is InChI=1S/C9H16.C4H10.Y/c1-3-9(4-2)7-5-6-8-9;1-4(2)3;/h1-8H2;4H,1-3H3;/q-2;;. The smallest absolute Gasteiger partial charge is 0 e. The van der Waals surface area contributed by atoms with Crippen molar-refractivity contribution in [1.29, 1.82) is 0 Å². The van der Waals surface area contributed by atoms with Crippen LogP contribution in [0.3, 0.4) is 0 Å². The fourth-order valence-corrected chi connectivity index (χ4v) is 1.75. The first-order valence-electron chi connectivity index (χ1n) is 5.65. The Morgan fingerprint density at radius 1 is 1.00 bits per heavy atom. The van der Waals surface area contributed by atoms with E-state index in [0.717, 1.165) is 18.8 Å². The molecule has 1 aliphatic carbocycles. The Hall–Kier alpha value is 1.10. The van der Waals surface area contributed by atoms with Crippen LogP contribution in [-0.4, -0.2) is 0 Å². The van der Waals surface area contributed by atoms with Gasteiger partial charge in [-0.2, -0.15) is 12.8 Å². The third-order valence-electron chi connectivity index (χ3n) is 2.72. The molecule has 0 aromatic carbocycles. The van der Waals surface area contributed by atoms with Crippen molar-refractivity contribution < 1.29 is 32.7 Å². The maximum atomic E-state index is 3.97. The van der Waals surface area contributed by atoms with Crippen LogP contribution in [0, 0.1) is 25.2 Å². The van der Waals surface area contributed by atoms with Crippen molar-refractivity contribution in [2.24, 2.45) is 11.3 Å². The van der Waals surface area contributed by atoms with Gasteiger partial charge in [-0.3, -0.25) is 0 Å². The van der Waals surface area contributed by atoms with E-state index in [-0.39, 0.29) is 32.7 Å². The van der Waals surface area contributed by atoms with E-state index in [1.165, 1.54) is 25.7 Å². The Labute approximate surface area is 117 Å². The molecule has 0 heterocycles. The summed E-state index contributed by atoms with van der Waals surface area (Å²) in [6.45, 7) is 14.4. The predicted molar refractivity (Wildman–Crippen MR) is 61.4 cm³/mol. The molecule has 1 heteroatoms. The summed E-state index contributed by atoms with van der Waals surface area (Å²) in [4.78, 5) is 0. The second-order valence-electron chi connectivity index (χ2n) is 4.94. The molecule has 0 unspecified atom stereocenters. The van der Waals surface area contributed by atoms with E-state index in [0.29, 0.717) is 5.41 Å². The fraction of sp³-hybridized carbons (Fsp3) is 0.846. The zero-order valence-corrected chi connectivity index (χ0v) is 13.1. The Bertz CT molecular complexity index is 104. The van der Waals surface area contributed by atoms with Gasteiger partial charge >= 0.3 is 0 Å². The molecule has 0 aromatic heterocycles. The molecule has 1 radical (unpaired) electrons. The largest absolute Gasteiger partial charge is 0.343 e. The molecule has 0 saturated heterocycles. The summed E-state index contributed by atoms with van der Waals surface area (Å²) in [7, 11) is 0. The van der Waals surface area contributed by atoms with Crippen LogP contribution < -0.4 is 0 Å². The van der Waals surface area contributed by atoms with Gasteiger partial charge in [0.25, 0.3) is 0 Å². The quantitative estimate of drug-likeness (QED) is 0.641. The molecule has 0 spiro atoms. The third-order valence-corrected chi connectivity index (χ3v) is 2.72. The maximum absolute atomic E-state index is 3.97. The summed E-state index contributed by atoms with van der Waals surface area (Å²) in [5.41, 5.74) is 0.556. The molecular weight excluding hydrogens is 245 g/mol. The van der Waals surface area contributed by atoms with Gasteiger partial charge in [-0.05, 0) is 5.92 Å². The fourth-order valence-electron chi connectivity index (χ4n) is 1.75. The second-order valence-corrected chi connectivity index (χ2v) is 4.94. The SMILES string of the molecule is CC(C)C.[CH2-]CC1(C[CH2-])CCCC1.[Y]. The van der Waals surface area contributed by atoms with Crippen molar-refractivity contribution >= 4 is 0 Å². The van der Waals surface area contributed by atoms with Crippen molar-refractivity contribution in [1.82, 2.24) is 0 Å². The minimum Gasteiger partial charge on any atom is -0.343 e.